The second-order valence-corrected chi connectivity index (χ2v) is 2.77. The second-order valence-electron chi connectivity index (χ2n) is 2.77. The summed E-state index contributed by atoms with van der Waals surface area (Å²) in [5, 5.41) is 1.41. The first-order valence-electron chi connectivity index (χ1n) is 3.98. The minimum absolute atomic E-state index is 0.0291. The standard InChI is InChI=1S/C9H5F4NO2/c10-6-2-1-3-7(5(6)4-15)14-8(16)9(11,12)13/h1-4H,(H,14,16). The number of amides is 1. The second kappa shape index (κ2) is 4.30. The van der Waals surface area contributed by atoms with E-state index in [1.807, 2.05) is 0 Å². The predicted molar refractivity (Wildman–Crippen MR) is 46.5 cm³/mol. The molecule has 0 spiro atoms. The van der Waals surface area contributed by atoms with Crippen LogP contribution in [-0.2, 0) is 4.79 Å². The van der Waals surface area contributed by atoms with Gasteiger partial charge >= 0.3 is 12.1 Å². The van der Waals surface area contributed by atoms with Crippen LogP contribution in [0.25, 0.3) is 0 Å². The number of hydrogen-bond acceptors (Lipinski definition) is 2. The zero-order valence-corrected chi connectivity index (χ0v) is 7.64. The van der Waals surface area contributed by atoms with Gasteiger partial charge < -0.3 is 5.32 Å². The van der Waals surface area contributed by atoms with Crippen molar-refractivity contribution in [3.05, 3.63) is 29.6 Å². The molecule has 16 heavy (non-hydrogen) atoms. The van der Waals surface area contributed by atoms with Gasteiger partial charge in [-0.05, 0) is 12.1 Å². The number of carbonyl (C=O) groups excluding carboxylic acids is 2. The maximum atomic E-state index is 12.9. The quantitative estimate of drug-likeness (QED) is 0.630. The maximum Gasteiger partial charge on any atom is 0.471 e. The van der Waals surface area contributed by atoms with Crippen LogP contribution in [0.4, 0.5) is 23.2 Å². The van der Waals surface area contributed by atoms with Crippen LogP contribution >= 0.6 is 0 Å². The van der Waals surface area contributed by atoms with E-state index in [9.17, 15) is 27.2 Å². The molecule has 0 aliphatic rings. The molecule has 0 saturated carbocycles. The first-order valence-corrected chi connectivity index (χ1v) is 3.98. The average Bonchev–Trinajstić information content (AvgIpc) is 2.16. The first kappa shape index (κ1) is 12.2. The van der Waals surface area contributed by atoms with Crippen LogP contribution in [0, 0.1) is 5.82 Å². The van der Waals surface area contributed by atoms with E-state index in [0.29, 0.717) is 0 Å². The smallest absolute Gasteiger partial charge is 0.317 e. The van der Waals surface area contributed by atoms with Gasteiger partial charge in [-0.15, -0.1) is 0 Å². The van der Waals surface area contributed by atoms with Gasteiger partial charge in [-0.3, -0.25) is 9.59 Å². The summed E-state index contributed by atoms with van der Waals surface area (Å²) >= 11 is 0. The van der Waals surface area contributed by atoms with Crippen LogP contribution in [0.2, 0.25) is 0 Å². The van der Waals surface area contributed by atoms with Gasteiger partial charge in [-0.25, -0.2) is 4.39 Å². The van der Waals surface area contributed by atoms with Crippen molar-refractivity contribution in [2.24, 2.45) is 0 Å². The van der Waals surface area contributed by atoms with Crippen molar-refractivity contribution in [2.45, 2.75) is 6.18 Å². The summed E-state index contributed by atoms with van der Waals surface area (Å²) in [7, 11) is 0. The Labute approximate surface area is 87.1 Å². The molecule has 0 aliphatic heterocycles. The lowest BCUT2D eigenvalue weighted by molar-refractivity contribution is -0.167. The van der Waals surface area contributed by atoms with E-state index in [2.05, 4.69) is 0 Å². The lowest BCUT2D eigenvalue weighted by atomic mass is 10.2. The van der Waals surface area contributed by atoms with E-state index in [1.165, 1.54) is 5.32 Å². The molecule has 1 aromatic carbocycles. The lowest BCUT2D eigenvalue weighted by Crippen LogP contribution is -2.30. The van der Waals surface area contributed by atoms with Gasteiger partial charge in [0.25, 0.3) is 0 Å². The molecule has 86 valence electrons. The number of hydrogen-bond donors (Lipinski definition) is 1. The third-order valence-corrected chi connectivity index (χ3v) is 1.68. The molecular weight excluding hydrogens is 230 g/mol. The van der Waals surface area contributed by atoms with E-state index in [-0.39, 0.29) is 6.29 Å². The fourth-order valence-electron chi connectivity index (χ4n) is 0.959. The average molecular weight is 235 g/mol. The summed E-state index contributed by atoms with van der Waals surface area (Å²) in [6.07, 6.45) is -5.06. The van der Waals surface area contributed by atoms with Crippen LogP contribution in [0.15, 0.2) is 18.2 Å². The minimum Gasteiger partial charge on any atom is -0.317 e. The van der Waals surface area contributed by atoms with Crippen molar-refractivity contribution in [3.8, 4) is 0 Å². The number of nitrogens with one attached hydrogen (secondary N) is 1. The fourth-order valence-corrected chi connectivity index (χ4v) is 0.959. The van der Waals surface area contributed by atoms with Crippen LogP contribution < -0.4 is 5.32 Å². The van der Waals surface area contributed by atoms with E-state index in [0.717, 1.165) is 18.2 Å². The maximum absolute atomic E-state index is 12.9. The summed E-state index contributed by atoms with van der Waals surface area (Å²) in [5.41, 5.74) is -1.14. The zero-order valence-electron chi connectivity index (χ0n) is 7.64. The summed E-state index contributed by atoms with van der Waals surface area (Å²) < 4.78 is 48.6. The van der Waals surface area contributed by atoms with Gasteiger partial charge in [0.1, 0.15) is 5.82 Å². The Morgan fingerprint density at radius 2 is 1.94 bits per heavy atom. The third-order valence-electron chi connectivity index (χ3n) is 1.68. The Balaban J connectivity index is 3.03. The Hall–Kier alpha value is -1.92. The predicted octanol–water partition coefficient (Wildman–Crippen LogP) is 2.14. The van der Waals surface area contributed by atoms with Gasteiger partial charge in [-0.1, -0.05) is 6.07 Å². The Morgan fingerprint density at radius 3 is 2.44 bits per heavy atom. The highest BCUT2D eigenvalue weighted by Crippen LogP contribution is 2.21. The molecule has 0 aromatic heterocycles. The molecule has 1 rings (SSSR count). The molecule has 0 radical (unpaired) electrons. The number of aldehydes is 1. The van der Waals surface area contributed by atoms with E-state index in [4.69, 9.17) is 0 Å². The molecular formula is C9H5F4NO2. The Morgan fingerprint density at radius 1 is 1.31 bits per heavy atom. The molecule has 0 heterocycles. The fraction of sp³-hybridized carbons (Fsp3) is 0.111. The van der Waals surface area contributed by atoms with Crippen molar-refractivity contribution in [3.63, 3.8) is 0 Å². The van der Waals surface area contributed by atoms with Gasteiger partial charge in [0, 0.05) is 0 Å². The van der Waals surface area contributed by atoms with Gasteiger partial charge in [0.15, 0.2) is 6.29 Å². The van der Waals surface area contributed by atoms with E-state index in [1.54, 1.807) is 0 Å². The van der Waals surface area contributed by atoms with Crippen LogP contribution in [0.3, 0.4) is 0 Å². The summed E-state index contributed by atoms with van der Waals surface area (Å²) in [6, 6.07) is 2.97. The molecule has 0 bridgehead atoms. The van der Waals surface area contributed by atoms with Gasteiger partial charge in [0.05, 0.1) is 11.3 Å². The monoisotopic (exact) mass is 235 g/mol. The van der Waals surface area contributed by atoms with Crippen molar-refractivity contribution < 1.29 is 27.2 Å². The van der Waals surface area contributed by atoms with E-state index < -0.39 is 29.2 Å². The van der Waals surface area contributed by atoms with Crippen LogP contribution in [0.1, 0.15) is 10.4 Å². The minimum atomic E-state index is -5.09. The molecule has 0 saturated heterocycles. The molecule has 0 fully saturated rings. The molecule has 1 aromatic rings. The number of halogens is 4. The molecule has 0 atom stereocenters. The summed E-state index contributed by atoms with van der Waals surface area (Å²) in [5.74, 6) is -3.27. The number of carbonyl (C=O) groups is 2. The van der Waals surface area contributed by atoms with Gasteiger partial charge in [-0.2, -0.15) is 13.2 Å². The summed E-state index contributed by atoms with van der Waals surface area (Å²) in [4.78, 5) is 20.9. The Kier molecular flexibility index (Phi) is 3.26. The molecule has 1 amide bonds. The SMILES string of the molecule is O=Cc1c(F)cccc1NC(=O)C(F)(F)F. The van der Waals surface area contributed by atoms with E-state index >= 15 is 0 Å². The first-order chi connectivity index (χ1) is 7.36. The highest BCUT2D eigenvalue weighted by Gasteiger charge is 2.39. The largest absolute Gasteiger partial charge is 0.471 e. The zero-order chi connectivity index (χ0) is 12.3. The molecule has 1 N–H and O–H groups in total. The van der Waals surface area contributed by atoms with Crippen molar-refractivity contribution in [1.82, 2.24) is 0 Å². The topological polar surface area (TPSA) is 46.2 Å². The third kappa shape index (κ3) is 2.56. The highest BCUT2D eigenvalue weighted by atomic mass is 19.4. The molecule has 7 heteroatoms. The number of benzene rings is 1. The van der Waals surface area contributed by atoms with Gasteiger partial charge in [0.2, 0.25) is 0 Å². The van der Waals surface area contributed by atoms with Crippen molar-refractivity contribution in [2.75, 3.05) is 5.32 Å². The molecule has 3 nitrogen and oxygen atoms in total. The van der Waals surface area contributed by atoms with Crippen molar-refractivity contribution >= 4 is 17.9 Å². The number of alkyl halides is 3. The molecule has 0 unspecified atom stereocenters. The molecule has 0 aliphatic carbocycles. The normalized spacial score (nSPS) is 11.0. The van der Waals surface area contributed by atoms with Crippen LogP contribution in [-0.4, -0.2) is 18.4 Å². The highest BCUT2D eigenvalue weighted by molar-refractivity contribution is 5.99. The van der Waals surface area contributed by atoms with Crippen molar-refractivity contribution in [1.29, 1.82) is 0 Å². The lowest BCUT2D eigenvalue weighted by Gasteiger charge is -2.09. The summed E-state index contributed by atoms with van der Waals surface area (Å²) in [6.45, 7) is 0. The number of rotatable bonds is 2. The Bertz CT molecular complexity index is 428. The van der Waals surface area contributed by atoms with Crippen LogP contribution in [0.5, 0.6) is 0 Å². The number of anilines is 1.